The molecule has 0 amide bonds. The number of fused-ring (bicyclic) bond motifs is 1. The van der Waals surface area contributed by atoms with Gasteiger partial charge in [0.15, 0.2) is 30.4 Å². The maximum atomic E-state index is 14.8. The number of morpholine rings is 1. The third-order valence-electron chi connectivity index (χ3n) is 5.86. The third-order valence-corrected chi connectivity index (χ3v) is 5.86. The highest BCUT2D eigenvalue weighted by atomic mass is 19.1. The van der Waals surface area contributed by atoms with E-state index in [-0.39, 0.29) is 17.0 Å². The number of anilines is 2. The topological polar surface area (TPSA) is 91.5 Å². The van der Waals surface area contributed by atoms with Crippen LogP contribution < -0.4 is 20.1 Å². The number of rotatable bonds is 4. The molecular formula is C21H24F2N7O3+. The highest BCUT2D eigenvalue weighted by molar-refractivity contribution is 5.74. The molecule has 10 nitrogen and oxygen atoms in total. The summed E-state index contributed by atoms with van der Waals surface area (Å²) in [5.41, 5.74) is 0.127. The van der Waals surface area contributed by atoms with Crippen LogP contribution in [0.1, 0.15) is 0 Å². The van der Waals surface area contributed by atoms with E-state index in [1.54, 1.807) is 11.9 Å². The lowest BCUT2D eigenvalue weighted by Gasteiger charge is -2.36. The fourth-order valence-electron chi connectivity index (χ4n) is 4.04. The van der Waals surface area contributed by atoms with Gasteiger partial charge in [-0.2, -0.15) is 14.7 Å². The van der Waals surface area contributed by atoms with E-state index in [9.17, 15) is 13.6 Å². The zero-order valence-corrected chi connectivity index (χ0v) is 18.1. The van der Waals surface area contributed by atoms with Gasteiger partial charge in [0.2, 0.25) is 5.95 Å². The largest absolute Gasteiger partial charge is 0.411 e. The number of benzene rings is 1. The Morgan fingerprint density at radius 2 is 1.79 bits per heavy atom. The molecule has 1 N–H and O–H groups in total. The van der Waals surface area contributed by atoms with E-state index in [1.807, 2.05) is 9.48 Å². The average molecular weight is 460 g/mol. The second kappa shape index (κ2) is 8.77. The van der Waals surface area contributed by atoms with Crippen molar-refractivity contribution in [2.75, 3.05) is 62.3 Å². The molecule has 5 rings (SSSR count). The molecule has 0 unspecified atom stereocenters. The van der Waals surface area contributed by atoms with Gasteiger partial charge in [-0.25, -0.2) is 8.78 Å². The maximum absolute atomic E-state index is 14.8. The fraction of sp³-hybridized carbons (Fsp3) is 0.429. The lowest BCUT2D eigenvalue weighted by molar-refractivity contribution is -0.550. The summed E-state index contributed by atoms with van der Waals surface area (Å²) in [7, 11) is 1.72. The summed E-state index contributed by atoms with van der Waals surface area (Å²) in [5.74, 6) is -0.849. The lowest BCUT2D eigenvalue weighted by Crippen LogP contribution is -2.48. The zero-order chi connectivity index (χ0) is 22.9. The molecule has 1 aromatic carbocycles. The second-order valence-electron chi connectivity index (χ2n) is 7.98. The van der Waals surface area contributed by atoms with Gasteiger partial charge in [-0.05, 0) is 0 Å². The molecule has 0 radical (unpaired) electrons. The van der Waals surface area contributed by atoms with Crippen molar-refractivity contribution in [2.45, 2.75) is 0 Å². The van der Waals surface area contributed by atoms with Gasteiger partial charge < -0.3 is 19.3 Å². The van der Waals surface area contributed by atoms with Crippen molar-refractivity contribution in [3.05, 3.63) is 40.3 Å². The lowest BCUT2D eigenvalue weighted by atomic mass is 10.2. The summed E-state index contributed by atoms with van der Waals surface area (Å²) in [6.45, 7) is 4.12. The SMILES string of the molecule is Cn1ncc2c(=O)[nH]c(N3CCN(c4c(F)cc(OC=[N+]5CCOCC5)cc4F)CC3)nc21. The van der Waals surface area contributed by atoms with Crippen molar-refractivity contribution < 1.29 is 22.8 Å². The number of aryl methyl sites for hydroxylation is 1. The quantitative estimate of drug-likeness (QED) is 0.453. The molecule has 2 fully saturated rings. The van der Waals surface area contributed by atoms with Gasteiger partial charge in [-0.3, -0.25) is 14.5 Å². The Balaban J connectivity index is 1.29. The fourth-order valence-corrected chi connectivity index (χ4v) is 4.04. The molecule has 4 heterocycles. The van der Waals surface area contributed by atoms with Gasteiger partial charge in [0, 0.05) is 45.4 Å². The second-order valence-corrected chi connectivity index (χ2v) is 7.98. The van der Waals surface area contributed by atoms with Crippen LogP contribution in [-0.2, 0) is 11.8 Å². The third kappa shape index (κ3) is 4.25. The number of aromatic nitrogens is 4. The molecule has 174 valence electrons. The van der Waals surface area contributed by atoms with Gasteiger partial charge in [0.25, 0.3) is 5.56 Å². The molecule has 12 heteroatoms. The van der Waals surface area contributed by atoms with Gasteiger partial charge in [-0.1, -0.05) is 0 Å². The molecule has 2 saturated heterocycles. The minimum atomic E-state index is -0.684. The molecule has 33 heavy (non-hydrogen) atoms. The number of H-pyrrole nitrogens is 1. The molecular weight excluding hydrogens is 436 g/mol. The molecule has 2 aliphatic rings. The van der Waals surface area contributed by atoms with E-state index in [0.29, 0.717) is 69.5 Å². The Morgan fingerprint density at radius 3 is 2.48 bits per heavy atom. The molecule has 2 aromatic heterocycles. The Bertz CT molecular complexity index is 1230. The van der Waals surface area contributed by atoms with Crippen LogP contribution >= 0.6 is 0 Å². The summed E-state index contributed by atoms with van der Waals surface area (Å²) in [6, 6.07) is 2.38. The minimum absolute atomic E-state index is 0.0862. The van der Waals surface area contributed by atoms with Crippen molar-refractivity contribution in [2.24, 2.45) is 7.05 Å². The first-order valence-corrected chi connectivity index (χ1v) is 10.7. The number of piperazine rings is 1. The van der Waals surface area contributed by atoms with Crippen molar-refractivity contribution in [1.29, 1.82) is 0 Å². The first-order valence-electron chi connectivity index (χ1n) is 10.7. The van der Waals surface area contributed by atoms with Crippen LogP contribution in [0.25, 0.3) is 11.0 Å². The predicted octanol–water partition coefficient (Wildman–Crippen LogP) is 0.711. The molecule has 0 saturated carbocycles. The summed E-state index contributed by atoms with van der Waals surface area (Å²) in [4.78, 5) is 23.1. The van der Waals surface area contributed by atoms with Crippen molar-refractivity contribution in [1.82, 2.24) is 19.7 Å². The number of halogens is 2. The number of hydrogen-bond donors (Lipinski definition) is 1. The van der Waals surface area contributed by atoms with Crippen molar-refractivity contribution >= 4 is 29.1 Å². The molecule has 2 aliphatic heterocycles. The van der Waals surface area contributed by atoms with E-state index in [2.05, 4.69) is 15.1 Å². The maximum Gasteiger partial charge on any atom is 0.329 e. The van der Waals surface area contributed by atoms with E-state index in [1.165, 1.54) is 29.4 Å². The Labute approximate surface area is 187 Å². The Morgan fingerprint density at radius 1 is 1.12 bits per heavy atom. The van der Waals surface area contributed by atoms with Crippen molar-refractivity contribution in [3.63, 3.8) is 0 Å². The summed E-state index contributed by atoms with van der Waals surface area (Å²) >= 11 is 0. The van der Waals surface area contributed by atoms with Gasteiger partial charge in [0.05, 0.1) is 6.20 Å². The molecule has 0 aliphatic carbocycles. The Hall–Kier alpha value is -3.54. The first kappa shape index (κ1) is 21.3. The highest BCUT2D eigenvalue weighted by Gasteiger charge is 2.25. The zero-order valence-electron chi connectivity index (χ0n) is 18.1. The van der Waals surface area contributed by atoms with E-state index in [4.69, 9.17) is 9.47 Å². The smallest absolute Gasteiger partial charge is 0.329 e. The van der Waals surface area contributed by atoms with Crippen LogP contribution in [0.2, 0.25) is 0 Å². The summed E-state index contributed by atoms with van der Waals surface area (Å²) in [6.07, 6.45) is 2.95. The van der Waals surface area contributed by atoms with Crippen LogP contribution in [-0.4, -0.2) is 83.2 Å². The predicted molar refractivity (Wildman–Crippen MR) is 117 cm³/mol. The van der Waals surface area contributed by atoms with Gasteiger partial charge >= 0.3 is 6.40 Å². The van der Waals surface area contributed by atoms with Gasteiger partial charge in [0.1, 0.15) is 30.0 Å². The van der Waals surface area contributed by atoms with Crippen LogP contribution in [0.15, 0.2) is 23.1 Å². The highest BCUT2D eigenvalue weighted by Crippen LogP contribution is 2.29. The Kier molecular flexibility index (Phi) is 5.67. The van der Waals surface area contributed by atoms with Crippen LogP contribution in [0.3, 0.4) is 0 Å². The first-order chi connectivity index (χ1) is 16.0. The standard InChI is InChI=1S/C21H23F2N7O3/c1-27-19-15(12-24-27)20(31)26-21(25-19)30-4-2-29(3-5-30)18-16(22)10-14(11-17(18)23)33-13-28-6-8-32-9-7-28/h10-13H,2-9H2,1H3/p+1. The van der Waals surface area contributed by atoms with Crippen molar-refractivity contribution in [3.8, 4) is 5.75 Å². The number of aromatic amines is 1. The van der Waals surface area contributed by atoms with Crippen LogP contribution in [0, 0.1) is 11.6 Å². The van der Waals surface area contributed by atoms with Crippen LogP contribution in [0.5, 0.6) is 5.75 Å². The number of nitrogens with zero attached hydrogens (tertiary/aromatic N) is 6. The van der Waals surface area contributed by atoms with E-state index >= 15 is 0 Å². The number of ether oxygens (including phenoxy) is 2. The molecule has 3 aromatic rings. The summed E-state index contributed by atoms with van der Waals surface area (Å²) < 4.78 is 43.8. The average Bonchev–Trinajstić information content (AvgIpc) is 3.20. The van der Waals surface area contributed by atoms with Gasteiger partial charge in [-0.15, -0.1) is 0 Å². The van der Waals surface area contributed by atoms with E-state index < -0.39 is 11.6 Å². The number of hydrogen-bond acceptors (Lipinski definition) is 7. The van der Waals surface area contributed by atoms with E-state index in [0.717, 1.165) is 0 Å². The molecule has 0 atom stereocenters. The monoisotopic (exact) mass is 460 g/mol. The minimum Gasteiger partial charge on any atom is -0.411 e. The number of nitrogens with one attached hydrogen (secondary N) is 1. The molecule has 0 spiro atoms. The normalized spacial score (nSPS) is 17.0. The summed E-state index contributed by atoms with van der Waals surface area (Å²) in [5, 5.41) is 4.48. The van der Waals surface area contributed by atoms with Crippen LogP contribution in [0.4, 0.5) is 20.4 Å². The molecule has 0 bridgehead atoms.